The Kier molecular flexibility index (Phi) is 17.1. The number of hydrogen-bond acceptors (Lipinski definition) is 2. The van der Waals surface area contributed by atoms with E-state index in [0.29, 0.717) is 0 Å². The second-order valence-electron chi connectivity index (χ2n) is 5.97. The smallest absolute Gasteiger partial charge is 0.335 e. The van der Waals surface area contributed by atoms with Gasteiger partial charge < -0.3 is 4.74 Å². The first-order valence-corrected chi connectivity index (χ1v) is 9.33. The van der Waals surface area contributed by atoms with E-state index in [1.165, 1.54) is 64.2 Å². The number of ether oxygens (including phenoxy) is 1. The number of esters is 1. The predicted molar refractivity (Wildman–Crippen MR) is 95.7 cm³/mol. The molecule has 0 bridgehead atoms. The summed E-state index contributed by atoms with van der Waals surface area (Å²) in [5, 5.41) is 0. The molecule has 2 heteroatoms. The molecule has 0 aromatic carbocycles. The lowest BCUT2D eigenvalue weighted by Crippen LogP contribution is -1.93. The fraction of sp³-hybridized carbons (Fsp3) is 0.750. The van der Waals surface area contributed by atoms with Crippen LogP contribution in [0.3, 0.4) is 0 Å². The lowest BCUT2D eigenvalue weighted by molar-refractivity contribution is -0.132. The zero-order valence-electron chi connectivity index (χ0n) is 14.8. The number of carbonyl (C=O) groups excluding carboxylic acids is 1. The lowest BCUT2D eigenvalue weighted by Gasteiger charge is -1.98. The van der Waals surface area contributed by atoms with Crippen LogP contribution >= 0.6 is 0 Å². The number of allylic oxidation sites excluding steroid dienone is 2. The van der Waals surface area contributed by atoms with E-state index in [1.807, 2.05) is 12.2 Å². The molecule has 0 radical (unpaired) electrons. The summed E-state index contributed by atoms with van der Waals surface area (Å²) in [5.41, 5.74) is 0. The third-order valence-corrected chi connectivity index (χ3v) is 3.73. The van der Waals surface area contributed by atoms with Crippen molar-refractivity contribution < 1.29 is 9.53 Å². The van der Waals surface area contributed by atoms with Gasteiger partial charge in [0.25, 0.3) is 0 Å². The second kappa shape index (κ2) is 18.0. The van der Waals surface area contributed by atoms with E-state index in [1.54, 1.807) is 12.3 Å². The topological polar surface area (TPSA) is 26.3 Å². The Labute approximate surface area is 138 Å². The molecular weight excluding hydrogens is 272 g/mol. The van der Waals surface area contributed by atoms with Gasteiger partial charge in [0.2, 0.25) is 0 Å². The number of hydrogen-bond donors (Lipinski definition) is 0. The van der Waals surface area contributed by atoms with Crippen LogP contribution in [0.1, 0.15) is 97.3 Å². The van der Waals surface area contributed by atoms with Gasteiger partial charge in [0.05, 0.1) is 6.26 Å². The van der Waals surface area contributed by atoms with Gasteiger partial charge in [-0.05, 0) is 31.8 Å². The normalized spacial score (nSPS) is 11.5. The Hall–Kier alpha value is -1.05. The van der Waals surface area contributed by atoms with E-state index in [9.17, 15) is 4.79 Å². The monoisotopic (exact) mass is 308 g/mol. The predicted octanol–water partition coefficient (Wildman–Crippen LogP) is 6.71. The first-order chi connectivity index (χ1) is 10.8. The Balaban J connectivity index is 3.38. The fourth-order valence-electron chi connectivity index (χ4n) is 2.31. The summed E-state index contributed by atoms with van der Waals surface area (Å²) in [7, 11) is 0. The average molecular weight is 309 g/mol. The number of rotatable bonds is 15. The molecule has 22 heavy (non-hydrogen) atoms. The maximum atomic E-state index is 11.4. The SMILES string of the molecule is CCCCCCC/C=C/C(=O)O/C=C/CCCCCCCC. The molecule has 2 nitrogen and oxygen atoms in total. The van der Waals surface area contributed by atoms with Crippen molar-refractivity contribution in [2.45, 2.75) is 97.3 Å². The molecule has 0 spiro atoms. The molecule has 0 rings (SSSR count). The molecule has 0 amide bonds. The lowest BCUT2D eigenvalue weighted by atomic mass is 10.1. The molecule has 0 fully saturated rings. The molecule has 0 heterocycles. The van der Waals surface area contributed by atoms with Gasteiger partial charge >= 0.3 is 5.97 Å². The summed E-state index contributed by atoms with van der Waals surface area (Å²) in [5.74, 6) is -0.257. The third-order valence-electron chi connectivity index (χ3n) is 3.73. The minimum absolute atomic E-state index is 0.257. The molecular formula is C20H36O2. The highest BCUT2D eigenvalue weighted by Gasteiger charge is 1.93. The van der Waals surface area contributed by atoms with Crippen molar-refractivity contribution in [3.63, 3.8) is 0 Å². The van der Waals surface area contributed by atoms with Crippen LogP contribution in [-0.2, 0) is 9.53 Å². The van der Waals surface area contributed by atoms with Gasteiger partial charge in [-0.25, -0.2) is 4.79 Å². The molecule has 0 aromatic heterocycles. The van der Waals surface area contributed by atoms with E-state index in [2.05, 4.69) is 13.8 Å². The standard InChI is InChI=1S/C20H36O2/c1-3-5-7-9-11-13-15-17-19-22-20(21)18-16-14-12-10-8-6-4-2/h16-19H,3-15H2,1-2H3/b18-16+,19-17+. The maximum absolute atomic E-state index is 11.4. The molecule has 0 unspecified atom stereocenters. The van der Waals surface area contributed by atoms with Crippen molar-refractivity contribution in [1.29, 1.82) is 0 Å². The van der Waals surface area contributed by atoms with E-state index < -0.39 is 0 Å². The summed E-state index contributed by atoms with van der Waals surface area (Å²) in [4.78, 5) is 11.4. The highest BCUT2D eigenvalue weighted by Crippen LogP contribution is 2.07. The quantitative estimate of drug-likeness (QED) is 0.145. The zero-order valence-corrected chi connectivity index (χ0v) is 14.8. The van der Waals surface area contributed by atoms with Crippen molar-refractivity contribution in [2.24, 2.45) is 0 Å². The van der Waals surface area contributed by atoms with E-state index in [-0.39, 0.29) is 5.97 Å². The van der Waals surface area contributed by atoms with Crippen molar-refractivity contribution in [2.75, 3.05) is 0 Å². The molecule has 0 saturated heterocycles. The first-order valence-electron chi connectivity index (χ1n) is 9.33. The fourth-order valence-corrected chi connectivity index (χ4v) is 2.31. The van der Waals surface area contributed by atoms with Gasteiger partial charge in [-0.3, -0.25) is 0 Å². The van der Waals surface area contributed by atoms with E-state index >= 15 is 0 Å². The highest BCUT2D eigenvalue weighted by atomic mass is 16.5. The van der Waals surface area contributed by atoms with Gasteiger partial charge in [0, 0.05) is 6.08 Å². The molecule has 0 aliphatic rings. The Bertz CT molecular complexity index is 292. The molecule has 0 aromatic rings. The van der Waals surface area contributed by atoms with Crippen LogP contribution in [-0.4, -0.2) is 5.97 Å². The molecule has 0 N–H and O–H groups in total. The minimum Gasteiger partial charge on any atom is -0.432 e. The highest BCUT2D eigenvalue weighted by molar-refractivity contribution is 5.82. The van der Waals surface area contributed by atoms with Crippen molar-refractivity contribution in [3.8, 4) is 0 Å². The molecule has 0 aliphatic heterocycles. The van der Waals surface area contributed by atoms with Gasteiger partial charge in [-0.1, -0.05) is 77.7 Å². The van der Waals surface area contributed by atoms with Gasteiger partial charge in [-0.15, -0.1) is 0 Å². The van der Waals surface area contributed by atoms with E-state index in [4.69, 9.17) is 4.74 Å². The van der Waals surface area contributed by atoms with E-state index in [0.717, 1.165) is 19.3 Å². The van der Waals surface area contributed by atoms with Crippen molar-refractivity contribution >= 4 is 5.97 Å². The van der Waals surface area contributed by atoms with Crippen LogP contribution < -0.4 is 0 Å². The van der Waals surface area contributed by atoms with Crippen LogP contribution in [0, 0.1) is 0 Å². The summed E-state index contributed by atoms with van der Waals surface area (Å²) < 4.78 is 5.03. The minimum atomic E-state index is -0.257. The summed E-state index contributed by atoms with van der Waals surface area (Å²) in [6, 6.07) is 0. The Morgan fingerprint density at radius 2 is 1.23 bits per heavy atom. The summed E-state index contributed by atoms with van der Waals surface area (Å²) in [6.07, 6.45) is 23.0. The largest absolute Gasteiger partial charge is 0.432 e. The Morgan fingerprint density at radius 1 is 0.727 bits per heavy atom. The number of carbonyl (C=O) groups is 1. The Morgan fingerprint density at radius 3 is 1.82 bits per heavy atom. The maximum Gasteiger partial charge on any atom is 0.335 e. The first kappa shape index (κ1) is 20.9. The second-order valence-corrected chi connectivity index (χ2v) is 5.97. The van der Waals surface area contributed by atoms with Crippen molar-refractivity contribution in [3.05, 3.63) is 24.5 Å². The van der Waals surface area contributed by atoms with Crippen LogP contribution in [0.15, 0.2) is 24.5 Å². The zero-order chi connectivity index (χ0) is 16.3. The molecule has 0 aliphatic carbocycles. The van der Waals surface area contributed by atoms with Crippen molar-refractivity contribution in [1.82, 2.24) is 0 Å². The molecule has 0 atom stereocenters. The average Bonchev–Trinajstić information content (AvgIpc) is 2.52. The van der Waals surface area contributed by atoms with Crippen LogP contribution in [0.4, 0.5) is 0 Å². The summed E-state index contributed by atoms with van der Waals surface area (Å²) >= 11 is 0. The molecule has 0 saturated carbocycles. The molecule has 128 valence electrons. The van der Waals surface area contributed by atoms with Crippen LogP contribution in [0.5, 0.6) is 0 Å². The van der Waals surface area contributed by atoms with Crippen LogP contribution in [0.2, 0.25) is 0 Å². The number of unbranched alkanes of at least 4 members (excludes halogenated alkanes) is 11. The summed E-state index contributed by atoms with van der Waals surface area (Å²) in [6.45, 7) is 4.45. The van der Waals surface area contributed by atoms with Gasteiger partial charge in [-0.2, -0.15) is 0 Å². The third kappa shape index (κ3) is 17.0. The van der Waals surface area contributed by atoms with Gasteiger partial charge in [0.1, 0.15) is 0 Å². The van der Waals surface area contributed by atoms with Crippen LogP contribution in [0.25, 0.3) is 0 Å². The van der Waals surface area contributed by atoms with Gasteiger partial charge in [0.15, 0.2) is 0 Å².